The van der Waals surface area contributed by atoms with Crippen LogP contribution in [0, 0.1) is 5.92 Å². The molecule has 0 spiro atoms. The summed E-state index contributed by atoms with van der Waals surface area (Å²) in [7, 11) is 0. The van der Waals surface area contributed by atoms with Gasteiger partial charge < -0.3 is 9.32 Å². The number of para-hydroxylation sites is 1. The van der Waals surface area contributed by atoms with Crippen molar-refractivity contribution in [2.24, 2.45) is 5.92 Å². The normalized spacial score (nSPS) is 23.5. The highest BCUT2D eigenvalue weighted by Crippen LogP contribution is 2.30. The number of furan rings is 1. The molecule has 5 rings (SSSR count). The van der Waals surface area contributed by atoms with Crippen molar-refractivity contribution >= 4 is 28.2 Å². The van der Waals surface area contributed by atoms with Gasteiger partial charge in [0.2, 0.25) is 0 Å². The fourth-order valence-corrected chi connectivity index (χ4v) is 4.88. The van der Waals surface area contributed by atoms with E-state index in [2.05, 4.69) is 27.9 Å². The number of hydrogen-bond acceptors (Lipinski definition) is 6. The lowest BCUT2D eigenvalue weighted by Crippen LogP contribution is -2.50. The maximum absolute atomic E-state index is 12.5. The van der Waals surface area contributed by atoms with Crippen molar-refractivity contribution in [3.8, 4) is 0 Å². The number of rotatable bonds is 4. The quantitative estimate of drug-likeness (QED) is 0.710. The number of fused-ring (bicyclic) bond motifs is 1. The van der Waals surface area contributed by atoms with Crippen LogP contribution in [0.15, 0.2) is 52.3 Å². The Morgan fingerprint density at radius 1 is 1.14 bits per heavy atom. The third-order valence-electron chi connectivity index (χ3n) is 5.73. The molecular formula is C21H24N4O2S. The molecule has 2 aromatic heterocycles. The van der Waals surface area contributed by atoms with Crippen molar-refractivity contribution in [2.45, 2.75) is 6.04 Å². The molecule has 3 aromatic rings. The molecule has 2 aliphatic heterocycles. The molecule has 6 nitrogen and oxygen atoms in total. The number of amides is 1. The van der Waals surface area contributed by atoms with E-state index < -0.39 is 0 Å². The van der Waals surface area contributed by atoms with Crippen LogP contribution in [0.4, 0.5) is 0 Å². The molecule has 2 saturated heterocycles. The number of carbonyl (C=O) groups is 1. The third-order valence-corrected chi connectivity index (χ3v) is 6.59. The number of thiophene rings is 1. The third kappa shape index (κ3) is 3.46. The molecule has 1 amide bonds. The molecule has 2 unspecified atom stereocenters. The average Bonchev–Trinajstić information content (AvgIpc) is 3.47. The van der Waals surface area contributed by atoms with E-state index in [1.165, 1.54) is 11.3 Å². The molecule has 2 aliphatic rings. The van der Waals surface area contributed by atoms with Crippen LogP contribution in [0.25, 0.3) is 11.0 Å². The summed E-state index contributed by atoms with van der Waals surface area (Å²) in [6, 6.07) is 14.3. The lowest BCUT2D eigenvalue weighted by molar-refractivity contribution is 0.0619. The molecule has 0 saturated carbocycles. The number of hydrogen-bond donors (Lipinski definition) is 2. The molecule has 146 valence electrons. The van der Waals surface area contributed by atoms with Crippen molar-refractivity contribution in [3.05, 3.63) is 58.5 Å². The zero-order valence-electron chi connectivity index (χ0n) is 15.6. The van der Waals surface area contributed by atoms with Gasteiger partial charge in [-0.05, 0) is 23.6 Å². The molecule has 0 radical (unpaired) electrons. The smallest absolute Gasteiger partial charge is 0.264 e. The second kappa shape index (κ2) is 7.67. The highest BCUT2D eigenvalue weighted by atomic mass is 32.1. The topological polar surface area (TPSA) is 60.8 Å². The summed E-state index contributed by atoms with van der Waals surface area (Å²) in [6.07, 6.45) is 0. The van der Waals surface area contributed by atoms with Gasteiger partial charge in [0.25, 0.3) is 5.91 Å². The minimum absolute atomic E-state index is 0.165. The van der Waals surface area contributed by atoms with Gasteiger partial charge in [-0.2, -0.15) is 0 Å². The summed E-state index contributed by atoms with van der Waals surface area (Å²) in [5, 5.41) is 3.10. The van der Waals surface area contributed by atoms with E-state index in [0.717, 1.165) is 60.9 Å². The Balaban J connectivity index is 1.21. The number of nitrogens with one attached hydrogen (secondary N) is 2. The van der Waals surface area contributed by atoms with E-state index >= 15 is 0 Å². The zero-order chi connectivity index (χ0) is 18.9. The largest absolute Gasteiger partial charge is 0.459 e. The first kappa shape index (κ1) is 17.9. The maximum Gasteiger partial charge on any atom is 0.264 e. The van der Waals surface area contributed by atoms with E-state index in [0.29, 0.717) is 5.92 Å². The average molecular weight is 397 g/mol. The maximum atomic E-state index is 12.5. The van der Waals surface area contributed by atoms with Crippen LogP contribution < -0.4 is 10.9 Å². The van der Waals surface area contributed by atoms with Crippen LogP contribution in [-0.2, 0) is 0 Å². The molecule has 4 heterocycles. The van der Waals surface area contributed by atoms with Gasteiger partial charge in [0.15, 0.2) is 0 Å². The van der Waals surface area contributed by atoms with Gasteiger partial charge in [-0.1, -0.05) is 24.3 Å². The molecule has 2 atom stereocenters. The molecule has 0 bridgehead atoms. The Bertz CT molecular complexity index is 913. The summed E-state index contributed by atoms with van der Waals surface area (Å²) in [4.78, 5) is 17.8. The Hall–Kier alpha value is -2.19. The Labute approximate surface area is 168 Å². The fourth-order valence-electron chi connectivity index (χ4n) is 4.19. The van der Waals surface area contributed by atoms with E-state index in [-0.39, 0.29) is 11.9 Å². The van der Waals surface area contributed by atoms with Crippen LogP contribution in [0.5, 0.6) is 0 Å². The first-order chi connectivity index (χ1) is 13.8. The number of hydrazine groups is 1. The minimum atomic E-state index is 0.165. The van der Waals surface area contributed by atoms with Crippen molar-refractivity contribution in [3.63, 3.8) is 0 Å². The van der Waals surface area contributed by atoms with Gasteiger partial charge in [0.1, 0.15) is 11.3 Å². The standard InChI is InChI=1S/C21H24N4O2S/c26-21(19-6-3-11-28-19)25-9-7-24(8-10-25)14-16-13-22-23-20(16)18-12-15-4-1-2-5-17(15)27-18/h1-6,11-12,16,20,22-23H,7-10,13-14H2. The number of piperazine rings is 1. The van der Waals surface area contributed by atoms with Gasteiger partial charge in [-0.3, -0.25) is 15.1 Å². The van der Waals surface area contributed by atoms with Gasteiger partial charge in [-0.15, -0.1) is 11.3 Å². The molecule has 1 aromatic carbocycles. The van der Waals surface area contributed by atoms with Crippen molar-refractivity contribution in [1.82, 2.24) is 20.7 Å². The van der Waals surface area contributed by atoms with Crippen molar-refractivity contribution in [1.29, 1.82) is 0 Å². The predicted molar refractivity (Wildman–Crippen MR) is 110 cm³/mol. The fraction of sp³-hybridized carbons (Fsp3) is 0.381. The van der Waals surface area contributed by atoms with Gasteiger partial charge in [-0.25, -0.2) is 5.43 Å². The van der Waals surface area contributed by atoms with Crippen LogP contribution in [0.1, 0.15) is 21.5 Å². The monoisotopic (exact) mass is 396 g/mol. The lowest BCUT2D eigenvalue weighted by atomic mass is 9.98. The summed E-state index contributed by atoms with van der Waals surface area (Å²) in [5.41, 5.74) is 7.62. The molecule has 2 fully saturated rings. The van der Waals surface area contributed by atoms with E-state index in [1.807, 2.05) is 40.6 Å². The predicted octanol–water partition coefficient (Wildman–Crippen LogP) is 2.72. The molecule has 2 N–H and O–H groups in total. The highest BCUT2D eigenvalue weighted by molar-refractivity contribution is 7.12. The first-order valence-corrected chi connectivity index (χ1v) is 10.7. The minimum Gasteiger partial charge on any atom is -0.459 e. The van der Waals surface area contributed by atoms with Crippen LogP contribution in [-0.4, -0.2) is 55.0 Å². The summed E-state index contributed by atoms with van der Waals surface area (Å²) < 4.78 is 6.09. The molecule has 0 aliphatic carbocycles. The van der Waals surface area contributed by atoms with E-state index in [4.69, 9.17) is 4.42 Å². The SMILES string of the molecule is O=C(c1cccs1)N1CCN(CC2CNNC2c2cc3ccccc3o2)CC1. The van der Waals surface area contributed by atoms with Gasteiger partial charge >= 0.3 is 0 Å². The van der Waals surface area contributed by atoms with Crippen LogP contribution >= 0.6 is 11.3 Å². The molecule has 7 heteroatoms. The first-order valence-electron chi connectivity index (χ1n) is 9.80. The second-order valence-corrected chi connectivity index (χ2v) is 8.47. The van der Waals surface area contributed by atoms with Crippen molar-refractivity contribution < 1.29 is 9.21 Å². The van der Waals surface area contributed by atoms with Gasteiger partial charge in [0.05, 0.1) is 10.9 Å². The number of carbonyl (C=O) groups excluding carboxylic acids is 1. The molecular weight excluding hydrogens is 372 g/mol. The number of benzene rings is 1. The lowest BCUT2D eigenvalue weighted by Gasteiger charge is -2.36. The van der Waals surface area contributed by atoms with E-state index in [1.54, 1.807) is 0 Å². The number of nitrogens with zero attached hydrogens (tertiary/aromatic N) is 2. The van der Waals surface area contributed by atoms with Crippen LogP contribution in [0.3, 0.4) is 0 Å². The summed E-state index contributed by atoms with van der Waals surface area (Å²) in [6.45, 7) is 5.32. The summed E-state index contributed by atoms with van der Waals surface area (Å²) in [5.74, 6) is 1.59. The molecule has 28 heavy (non-hydrogen) atoms. The Morgan fingerprint density at radius 3 is 2.79 bits per heavy atom. The Kier molecular flexibility index (Phi) is 4.90. The van der Waals surface area contributed by atoms with Gasteiger partial charge in [0, 0.05) is 50.6 Å². The van der Waals surface area contributed by atoms with Crippen molar-refractivity contribution in [2.75, 3.05) is 39.3 Å². The highest BCUT2D eigenvalue weighted by Gasteiger charge is 2.33. The van der Waals surface area contributed by atoms with Crippen LogP contribution in [0.2, 0.25) is 0 Å². The summed E-state index contributed by atoms with van der Waals surface area (Å²) >= 11 is 1.52. The van der Waals surface area contributed by atoms with E-state index in [9.17, 15) is 4.79 Å². The zero-order valence-corrected chi connectivity index (χ0v) is 16.5. The second-order valence-electron chi connectivity index (χ2n) is 7.52. The Morgan fingerprint density at radius 2 is 2.00 bits per heavy atom.